The summed E-state index contributed by atoms with van der Waals surface area (Å²) in [7, 11) is -3.09. The second-order valence-corrected chi connectivity index (χ2v) is 17.4. The van der Waals surface area contributed by atoms with Crippen molar-refractivity contribution in [3.8, 4) is 0 Å². The molecule has 0 radical (unpaired) electrons. The van der Waals surface area contributed by atoms with Gasteiger partial charge >= 0.3 is 0 Å². The van der Waals surface area contributed by atoms with Gasteiger partial charge in [0.15, 0.2) is 13.9 Å². The standard InChI is InChI=1S/C35H40N4O8Si/c1-23-33(48(2,3)46)31(19-32(42)36-17-7-10-28(36)21-40)47-35(23)29-18-27(39(44)45)15-16-30(29)37(34(35)43)20-24-11-13-26(14-12-24)38(22-41)25-8-5-4-6-9-25/h4-6,8-9,11-16,18,22-23,28,31,33,40,46H,7,10,17,19-21H2,1-3H3/t23-,28-,31+,33-,35+/m0/s1. The highest BCUT2D eigenvalue weighted by atomic mass is 28.4. The van der Waals surface area contributed by atoms with E-state index in [0.29, 0.717) is 35.6 Å². The maximum absolute atomic E-state index is 14.7. The number of benzene rings is 3. The van der Waals surface area contributed by atoms with E-state index in [2.05, 4.69) is 0 Å². The number of likely N-dealkylation sites (tertiary alicyclic amines) is 1. The number of anilines is 3. The van der Waals surface area contributed by atoms with Gasteiger partial charge < -0.3 is 24.4 Å². The molecule has 3 aromatic carbocycles. The Labute approximate surface area is 279 Å². The molecule has 3 aromatic rings. The van der Waals surface area contributed by atoms with Gasteiger partial charge in [-0.3, -0.25) is 29.4 Å². The highest BCUT2D eigenvalue weighted by Gasteiger charge is 2.66. The molecule has 0 unspecified atom stereocenters. The average Bonchev–Trinajstić information content (AvgIpc) is 3.73. The third-order valence-electron chi connectivity index (χ3n) is 10.2. The van der Waals surface area contributed by atoms with Crippen molar-refractivity contribution in [1.29, 1.82) is 0 Å². The predicted octanol–water partition coefficient (Wildman–Crippen LogP) is 4.61. The van der Waals surface area contributed by atoms with Crippen molar-refractivity contribution >= 4 is 49.3 Å². The number of para-hydroxylation sites is 1. The van der Waals surface area contributed by atoms with Crippen LogP contribution in [0.15, 0.2) is 72.8 Å². The highest BCUT2D eigenvalue weighted by Crippen LogP contribution is 2.60. The van der Waals surface area contributed by atoms with Gasteiger partial charge in [0.1, 0.15) is 0 Å². The van der Waals surface area contributed by atoms with Gasteiger partial charge in [0.05, 0.1) is 42.3 Å². The average molecular weight is 673 g/mol. The van der Waals surface area contributed by atoms with Crippen LogP contribution in [0.25, 0.3) is 0 Å². The predicted molar refractivity (Wildman–Crippen MR) is 181 cm³/mol. The summed E-state index contributed by atoms with van der Waals surface area (Å²) in [6, 6.07) is 20.4. The number of aliphatic hydroxyl groups excluding tert-OH is 1. The number of nitro groups is 1. The zero-order chi connectivity index (χ0) is 34.4. The number of ether oxygens (including phenoxy) is 1. The van der Waals surface area contributed by atoms with Crippen molar-refractivity contribution < 1.29 is 33.9 Å². The molecule has 12 nitrogen and oxygen atoms in total. The molecule has 0 bridgehead atoms. The smallest absolute Gasteiger partial charge is 0.269 e. The number of carbonyl (C=O) groups is 3. The molecule has 13 heteroatoms. The largest absolute Gasteiger partial charge is 0.432 e. The van der Waals surface area contributed by atoms with Crippen LogP contribution in [0.3, 0.4) is 0 Å². The number of carbonyl (C=O) groups excluding carboxylic acids is 3. The lowest BCUT2D eigenvalue weighted by atomic mass is 9.82. The molecular formula is C35H40N4O8Si. The summed E-state index contributed by atoms with van der Waals surface area (Å²) in [6.45, 7) is 5.82. The van der Waals surface area contributed by atoms with E-state index in [1.807, 2.05) is 49.4 Å². The van der Waals surface area contributed by atoms with Crippen LogP contribution in [0.2, 0.25) is 18.6 Å². The van der Waals surface area contributed by atoms with Gasteiger partial charge in [0, 0.05) is 47.1 Å². The van der Waals surface area contributed by atoms with E-state index in [9.17, 15) is 34.4 Å². The second-order valence-electron chi connectivity index (χ2n) is 13.5. The fraction of sp³-hybridized carbons (Fsp3) is 0.400. The van der Waals surface area contributed by atoms with Crippen molar-refractivity contribution in [2.24, 2.45) is 5.92 Å². The molecule has 3 heterocycles. The summed E-state index contributed by atoms with van der Waals surface area (Å²) in [4.78, 5) is 67.9. The van der Waals surface area contributed by atoms with Crippen molar-refractivity contribution in [2.45, 2.75) is 69.1 Å². The second kappa shape index (κ2) is 12.9. The summed E-state index contributed by atoms with van der Waals surface area (Å²) < 4.78 is 6.72. The van der Waals surface area contributed by atoms with E-state index in [1.165, 1.54) is 17.0 Å². The monoisotopic (exact) mass is 672 g/mol. The lowest BCUT2D eigenvalue weighted by Crippen LogP contribution is -2.46. The molecule has 48 heavy (non-hydrogen) atoms. The maximum atomic E-state index is 14.7. The third-order valence-corrected chi connectivity index (χ3v) is 12.7. The number of fused-ring (bicyclic) bond motifs is 2. The normalized spacial score (nSPS) is 25.1. The summed E-state index contributed by atoms with van der Waals surface area (Å²) in [5.41, 5.74) is 0.498. The van der Waals surface area contributed by atoms with Crippen LogP contribution in [0.1, 0.15) is 37.3 Å². The van der Waals surface area contributed by atoms with Gasteiger partial charge in [-0.1, -0.05) is 37.3 Å². The molecule has 252 valence electrons. The first-order chi connectivity index (χ1) is 22.9. The Morgan fingerprint density at radius 2 is 1.81 bits per heavy atom. The molecule has 1 spiro atoms. The molecule has 2 N–H and O–H groups in total. The minimum absolute atomic E-state index is 0.0854. The Bertz CT molecular complexity index is 1720. The molecule has 3 amide bonds. The highest BCUT2D eigenvalue weighted by molar-refractivity contribution is 6.71. The topological polar surface area (TPSA) is 154 Å². The number of nitrogens with zero attached hydrogens (tertiary/aromatic N) is 4. The number of hydrogen-bond acceptors (Lipinski definition) is 8. The lowest BCUT2D eigenvalue weighted by molar-refractivity contribution is -0.385. The first-order valence-corrected chi connectivity index (χ1v) is 19.2. The number of nitro benzene ring substituents is 1. The van der Waals surface area contributed by atoms with E-state index >= 15 is 0 Å². The molecule has 2 fully saturated rings. The first-order valence-electron chi connectivity index (χ1n) is 16.2. The number of non-ortho nitro benzene ring substituents is 1. The van der Waals surface area contributed by atoms with Crippen LogP contribution in [0.5, 0.6) is 0 Å². The molecule has 3 aliphatic heterocycles. The van der Waals surface area contributed by atoms with Crippen LogP contribution < -0.4 is 9.80 Å². The number of amides is 3. The molecule has 5 atom stereocenters. The van der Waals surface area contributed by atoms with Crippen molar-refractivity contribution in [3.05, 3.63) is 94.0 Å². The summed E-state index contributed by atoms with van der Waals surface area (Å²) in [5.74, 6) is -1.24. The van der Waals surface area contributed by atoms with Crippen molar-refractivity contribution in [3.63, 3.8) is 0 Å². The molecule has 0 aliphatic carbocycles. The van der Waals surface area contributed by atoms with Crippen LogP contribution in [0, 0.1) is 16.0 Å². The summed E-state index contributed by atoms with van der Waals surface area (Å²) >= 11 is 0. The number of rotatable bonds is 10. The lowest BCUT2D eigenvalue weighted by Gasteiger charge is -2.32. The van der Waals surface area contributed by atoms with Gasteiger partial charge in [-0.25, -0.2) is 0 Å². The zero-order valence-electron chi connectivity index (χ0n) is 27.2. The molecule has 2 saturated heterocycles. The van der Waals surface area contributed by atoms with Gasteiger partial charge in [-0.15, -0.1) is 0 Å². The Kier molecular flexibility index (Phi) is 8.98. The quantitative estimate of drug-likeness (QED) is 0.137. The van der Waals surface area contributed by atoms with Crippen molar-refractivity contribution in [2.75, 3.05) is 23.0 Å². The molecule has 6 rings (SSSR count). The van der Waals surface area contributed by atoms with Gasteiger partial charge in [0.2, 0.25) is 12.3 Å². The van der Waals surface area contributed by atoms with E-state index < -0.39 is 42.3 Å². The van der Waals surface area contributed by atoms with E-state index in [-0.39, 0.29) is 37.2 Å². The molecular weight excluding hydrogens is 632 g/mol. The van der Waals surface area contributed by atoms with E-state index in [0.717, 1.165) is 18.4 Å². The summed E-state index contributed by atoms with van der Waals surface area (Å²) in [6.07, 6.45) is 1.30. The van der Waals surface area contributed by atoms with Crippen LogP contribution in [-0.4, -0.2) is 71.6 Å². The van der Waals surface area contributed by atoms with E-state index in [4.69, 9.17) is 4.74 Å². The number of aliphatic hydroxyl groups is 1. The van der Waals surface area contributed by atoms with Crippen LogP contribution in [-0.2, 0) is 31.3 Å². The van der Waals surface area contributed by atoms with Crippen LogP contribution >= 0.6 is 0 Å². The summed E-state index contributed by atoms with van der Waals surface area (Å²) in [5, 5.41) is 21.8. The maximum Gasteiger partial charge on any atom is 0.269 e. The first kappa shape index (κ1) is 33.5. The van der Waals surface area contributed by atoms with Crippen molar-refractivity contribution in [1.82, 2.24) is 4.90 Å². The SMILES string of the molecule is C[C@H]1[C@H]([Si](C)(C)O)[C@@H](CC(=O)N2CCC[C@H]2CO)O[C@]12C(=O)N(Cc1ccc(N(C=O)c3ccccc3)cc1)c1ccc([N+](=O)[O-])cc12. The Morgan fingerprint density at radius 1 is 1.12 bits per heavy atom. The molecule has 0 saturated carbocycles. The zero-order valence-corrected chi connectivity index (χ0v) is 28.2. The molecule has 0 aromatic heterocycles. The van der Waals surface area contributed by atoms with E-state index in [1.54, 1.807) is 41.1 Å². The fourth-order valence-electron chi connectivity index (χ4n) is 7.98. The van der Waals surface area contributed by atoms with Gasteiger partial charge in [0.25, 0.3) is 11.6 Å². The Hall–Kier alpha value is -4.43. The Balaban J connectivity index is 1.35. The van der Waals surface area contributed by atoms with Crippen LogP contribution in [0.4, 0.5) is 22.7 Å². The minimum Gasteiger partial charge on any atom is -0.432 e. The van der Waals surface area contributed by atoms with Gasteiger partial charge in [-0.2, -0.15) is 0 Å². The fourth-order valence-corrected chi connectivity index (χ4v) is 10.5. The third kappa shape index (κ3) is 5.70. The Morgan fingerprint density at radius 3 is 2.44 bits per heavy atom. The van der Waals surface area contributed by atoms with Gasteiger partial charge in [-0.05, 0) is 61.8 Å². The minimum atomic E-state index is -3.09. The molecule has 3 aliphatic rings. The number of hydrogen-bond donors (Lipinski definition) is 2.